The summed E-state index contributed by atoms with van der Waals surface area (Å²) < 4.78 is 17.1. The maximum atomic E-state index is 10.8. The fourth-order valence-electron chi connectivity index (χ4n) is 4.42. The molecular formula is C23H28N2O4. The molecule has 0 saturated carbocycles. The second-order valence-corrected chi connectivity index (χ2v) is 8.13. The Balaban J connectivity index is 1.18. The average Bonchev–Trinajstić information content (AvgIpc) is 3.13. The van der Waals surface area contributed by atoms with Crippen molar-refractivity contribution in [3.8, 4) is 17.2 Å². The fourth-order valence-corrected chi connectivity index (χ4v) is 4.42. The highest BCUT2D eigenvalue weighted by molar-refractivity contribution is 5.57. The van der Waals surface area contributed by atoms with Crippen LogP contribution in [0.25, 0.3) is 0 Å². The van der Waals surface area contributed by atoms with Crippen LogP contribution in [0.3, 0.4) is 0 Å². The van der Waals surface area contributed by atoms with E-state index in [1.165, 1.54) is 11.3 Å². The van der Waals surface area contributed by atoms with E-state index in [4.69, 9.17) is 14.2 Å². The predicted molar refractivity (Wildman–Crippen MR) is 111 cm³/mol. The van der Waals surface area contributed by atoms with E-state index in [0.717, 1.165) is 55.4 Å². The molecule has 3 aliphatic heterocycles. The number of ether oxygens (including phenoxy) is 3. The van der Waals surface area contributed by atoms with Gasteiger partial charge in [-0.3, -0.25) is 4.90 Å². The molecule has 2 atom stereocenters. The molecule has 1 N–H and O–H groups in total. The van der Waals surface area contributed by atoms with Gasteiger partial charge in [-0.1, -0.05) is 6.07 Å². The zero-order valence-corrected chi connectivity index (χ0v) is 16.8. The molecule has 3 heterocycles. The van der Waals surface area contributed by atoms with Crippen molar-refractivity contribution in [1.82, 2.24) is 4.90 Å². The number of anilines is 1. The van der Waals surface area contributed by atoms with Crippen LogP contribution in [0.15, 0.2) is 36.4 Å². The first-order valence-electron chi connectivity index (χ1n) is 10.5. The Hall–Kier alpha value is -2.44. The number of aliphatic hydroxyl groups is 1. The van der Waals surface area contributed by atoms with E-state index in [9.17, 15) is 5.11 Å². The Morgan fingerprint density at radius 3 is 2.55 bits per heavy atom. The highest BCUT2D eigenvalue weighted by Gasteiger charge is 2.24. The second-order valence-electron chi connectivity index (χ2n) is 8.13. The van der Waals surface area contributed by atoms with Crippen LogP contribution >= 0.6 is 0 Å². The number of hydrogen-bond acceptors (Lipinski definition) is 6. The lowest BCUT2D eigenvalue weighted by molar-refractivity contribution is 0.109. The summed E-state index contributed by atoms with van der Waals surface area (Å²) in [5.41, 5.74) is 3.36. The van der Waals surface area contributed by atoms with Crippen molar-refractivity contribution in [3.05, 3.63) is 47.5 Å². The van der Waals surface area contributed by atoms with Gasteiger partial charge in [-0.2, -0.15) is 0 Å². The fraction of sp³-hybridized carbons (Fsp3) is 0.478. The molecule has 29 heavy (non-hydrogen) atoms. The molecule has 6 nitrogen and oxygen atoms in total. The van der Waals surface area contributed by atoms with Gasteiger partial charge in [0.1, 0.15) is 25.1 Å². The van der Waals surface area contributed by atoms with E-state index < -0.39 is 6.10 Å². The topological polar surface area (TPSA) is 54.4 Å². The number of hydrogen-bond donors (Lipinski definition) is 1. The predicted octanol–water partition coefficient (Wildman–Crippen LogP) is 2.64. The summed E-state index contributed by atoms with van der Waals surface area (Å²) in [4.78, 5) is 4.71. The molecule has 5 rings (SSSR count). The van der Waals surface area contributed by atoms with E-state index in [1.807, 2.05) is 18.2 Å². The zero-order chi connectivity index (χ0) is 19.8. The number of β-amino-alcohol motifs (C(OH)–C–C–N with tert-alkyl or cyclic N) is 1. The van der Waals surface area contributed by atoms with Crippen LogP contribution in [0, 0.1) is 0 Å². The molecule has 0 aliphatic carbocycles. The second kappa shape index (κ2) is 7.76. The Labute approximate surface area is 171 Å². The summed E-state index contributed by atoms with van der Waals surface area (Å²) >= 11 is 0. The lowest BCUT2D eigenvalue weighted by Crippen LogP contribution is -2.47. The molecule has 1 fully saturated rings. The summed E-state index contributed by atoms with van der Waals surface area (Å²) in [6, 6.07) is 12.3. The number of benzene rings is 2. The molecule has 6 heteroatoms. The number of rotatable bonds is 4. The SMILES string of the molecule is C[C@H]1Cc2cc([C@H](O)CN3CCN(c4ccc5c(c4)OCCO5)CC3)ccc2O1. The number of aliphatic hydroxyl groups excluding tert-OH is 1. The third kappa shape index (κ3) is 3.87. The molecule has 2 aromatic rings. The monoisotopic (exact) mass is 396 g/mol. The van der Waals surface area contributed by atoms with Crippen LogP contribution in [0.2, 0.25) is 0 Å². The molecular weight excluding hydrogens is 368 g/mol. The highest BCUT2D eigenvalue weighted by Crippen LogP contribution is 2.34. The first kappa shape index (κ1) is 18.6. The third-order valence-electron chi connectivity index (χ3n) is 6.00. The summed E-state index contributed by atoms with van der Waals surface area (Å²) in [7, 11) is 0. The van der Waals surface area contributed by atoms with Crippen molar-refractivity contribution >= 4 is 5.69 Å². The quantitative estimate of drug-likeness (QED) is 0.858. The van der Waals surface area contributed by atoms with Crippen molar-refractivity contribution < 1.29 is 19.3 Å². The van der Waals surface area contributed by atoms with Gasteiger partial charge >= 0.3 is 0 Å². The van der Waals surface area contributed by atoms with Crippen molar-refractivity contribution in [2.24, 2.45) is 0 Å². The summed E-state index contributed by atoms with van der Waals surface area (Å²) in [5, 5.41) is 10.8. The van der Waals surface area contributed by atoms with Crippen LogP contribution in [-0.2, 0) is 6.42 Å². The summed E-state index contributed by atoms with van der Waals surface area (Å²) in [5.74, 6) is 2.62. The molecule has 0 aromatic heterocycles. The molecule has 0 bridgehead atoms. The van der Waals surface area contributed by atoms with E-state index >= 15 is 0 Å². The first-order valence-corrected chi connectivity index (χ1v) is 10.5. The maximum absolute atomic E-state index is 10.8. The Kier molecular flexibility index (Phi) is 4.97. The Morgan fingerprint density at radius 1 is 0.966 bits per heavy atom. The summed E-state index contributed by atoms with van der Waals surface area (Å²) in [6.45, 7) is 7.68. The maximum Gasteiger partial charge on any atom is 0.163 e. The minimum absolute atomic E-state index is 0.228. The van der Waals surface area contributed by atoms with Gasteiger partial charge in [0.15, 0.2) is 11.5 Å². The molecule has 2 aromatic carbocycles. The van der Waals surface area contributed by atoms with E-state index in [-0.39, 0.29) is 6.10 Å². The standard InChI is InChI=1S/C23H28N2O4/c1-16-12-18-13-17(2-4-21(18)29-16)20(26)15-24-6-8-25(9-7-24)19-3-5-22-23(14-19)28-11-10-27-22/h2-5,13-14,16,20,26H,6-12,15H2,1H3/t16-,20+/m0/s1. The van der Waals surface area contributed by atoms with Crippen LogP contribution in [0.5, 0.6) is 17.2 Å². The van der Waals surface area contributed by atoms with Crippen LogP contribution in [-0.4, -0.2) is 62.0 Å². The normalized spacial score (nSPS) is 22.1. The minimum atomic E-state index is -0.475. The molecule has 0 unspecified atom stereocenters. The van der Waals surface area contributed by atoms with Crippen LogP contribution in [0.1, 0.15) is 24.2 Å². The van der Waals surface area contributed by atoms with Crippen molar-refractivity contribution in [2.75, 3.05) is 50.8 Å². The smallest absolute Gasteiger partial charge is 0.163 e. The first-order chi connectivity index (χ1) is 14.2. The van der Waals surface area contributed by atoms with Gasteiger partial charge in [0.05, 0.1) is 6.10 Å². The van der Waals surface area contributed by atoms with Gasteiger partial charge in [0, 0.05) is 50.9 Å². The molecule has 1 saturated heterocycles. The Bertz CT molecular complexity index is 879. The van der Waals surface area contributed by atoms with Gasteiger partial charge < -0.3 is 24.2 Å². The number of nitrogens with zero attached hydrogens (tertiary/aromatic N) is 2. The van der Waals surface area contributed by atoms with Gasteiger partial charge in [-0.05, 0) is 42.3 Å². The zero-order valence-electron chi connectivity index (χ0n) is 16.8. The van der Waals surface area contributed by atoms with Gasteiger partial charge in [-0.15, -0.1) is 0 Å². The van der Waals surface area contributed by atoms with E-state index in [2.05, 4.69) is 34.9 Å². The molecule has 0 radical (unpaired) electrons. The van der Waals surface area contributed by atoms with Gasteiger partial charge in [0.2, 0.25) is 0 Å². The van der Waals surface area contributed by atoms with Crippen LogP contribution < -0.4 is 19.1 Å². The van der Waals surface area contributed by atoms with E-state index in [0.29, 0.717) is 19.8 Å². The van der Waals surface area contributed by atoms with Crippen molar-refractivity contribution in [1.29, 1.82) is 0 Å². The molecule has 0 amide bonds. The largest absolute Gasteiger partial charge is 0.490 e. The third-order valence-corrected chi connectivity index (χ3v) is 6.00. The lowest BCUT2D eigenvalue weighted by atomic mass is 10.0. The molecule has 3 aliphatic rings. The average molecular weight is 396 g/mol. The van der Waals surface area contributed by atoms with Crippen molar-refractivity contribution in [2.45, 2.75) is 25.6 Å². The van der Waals surface area contributed by atoms with Gasteiger partial charge in [0.25, 0.3) is 0 Å². The number of fused-ring (bicyclic) bond motifs is 2. The lowest BCUT2D eigenvalue weighted by Gasteiger charge is -2.37. The van der Waals surface area contributed by atoms with Gasteiger partial charge in [-0.25, -0.2) is 0 Å². The highest BCUT2D eigenvalue weighted by atomic mass is 16.6. The number of piperazine rings is 1. The Morgan fingerprint density at radius 2 is 1.72 bits per heavy atom. The van der Waals surface area contributed by atoms with Crippen LogP contribution in [0.4, 0.5) is 5.69 Å². The van der Waals surface area contributed by atoms with E-state index in [1.54, 1.807) is 0 Å². The summed E-state index contributed by atoms with van der Waals surface area (Å²) in [6.07, 6.45) is 0.674. The molecule has 0 spiro atoms. The molecule has 154 valence electrons. The van der Waals surface area contributed by atoms with Crippen molar-refractivity contribution in [3.63, 3.8) is 0 Å². The minimum Gasteiger partial charge on any atom is -0.490 e.